The molecule has 8 aromatic carbocycles. The highest BCUT2D eigenvalue weighted by molar-refractivity contribution is 6.21. The molecule has 0 spiro atoms. The molecular formula is C51H35N3. The number of fused-ring (bicyclic) bond motifs is 9. The summed E-state index contributed by atoms with van der Waals surface area (Å²) in [6, 6.07) is 63.5. The summed E-state index contributed by atoms with van der Waals surface area (Å²) in [6.45, 7) is 4.67. The predicted octanol–water partition coefficient (Wildman–Crippen LogP) is 13.2. The molecule has 2 aromatic heterocycles. The summed E-state index contributed by atoms with van der Waals surface area (Å²) in [7, 11) is 0. The first-order chi connectivity index (χ1) is 26.5. The largest absolute Gasteiger partial charge is 0.277 e. The van der Waals surface area contributed by atoms with Crippen molar-refractivity contribution in [2.24, 2.45) is 0 Å². The number of nitrogens with zero attached hydrogens (tertiary/aromatic N) is 3. The second-order valence-electron chi connectivity index (χ2n) is 15.0. The summed E-state index contributed by atoms with van der Waals surface area (Å²) in [6.07, 6.45) is 0. The summed E-state index contributed by atoms with van der Waals surface area (Å²) < 4.78 is 2.32. The van der Waals surface area contributed by atoms with Gasteiger partial charge in [0.1, 0.15) is 0 Å². The van der Waals surface area contributed by atoms with Crippen molar-refractivity contribution in [1.29, 1.82) is 0 Å². The van der Waals surface area contributed by atoms with Gasteiger partial charge in [-0.25, -0.2) is 9.97 Å². The summed E-state index contributed by atoms with van der Waals surface area (Å²) in [5, 5.41) is 5.74. The molecule has 254 valence electrons. The van der Waals surface area contributed by atoms with Gasteiger partial charge in [0.25, 0.3) is 0 Å². The van der Waals surface area contributed by atoms with Crippen LogP contribution < -0.4 is 0 Å². The third kappa shape index (κ3) is 4.48. The van der Waals surface area contributed by atoms with Gasteiger partial charge in [0.05, 0.1) is 22.2 Å². The molecule has 0 saturated carbocycles. The Morgan fingerprint density at radius 1 is 0.407 bits per heavy atom. The minimum absolute atomic E-state index is 0.0231. The van der Waals surface area contributed by atoms with Gasteiger partial charge in [0, 0.05) is 38.1 Å². The van der Waals surface area contributed by atoms with Crippen LogP contribution in [0.1, 0.15) is 25.0 Å². The monoisotopic (exact) mass is 689 g/mol. The molecule has 0 unspecified atom stereocenters. The van der Waals surface area contributed by atoms with Crippen LogP contribution in [-0.4, -0.2) is 14.5 Å². The molecule has 0 saturated heterocycles. The Kier molecular flexibility index (Phi) is 6.60. The van der Waals surface area contributed by atoms with Crippen molar-refractivity contribution in [3.8, 4) is 50.6 Å². The average Bonchev–Trinajstić information content (AvgIpc) is 3.69. The van der Waals surface area contributed by atoms with Crippen molar-refractivity contribution in [2.45, 2.75) is 19.3 Å². The number of hydrogen-bond acceptors (Lipinski definition) is 2. The van der Waals surface area contributed by atoms with Gasteiger partial charge >= 0.3 is 0 Å². The van der Waals surface area contributed by atoms with Crippen LogP contribution in [0.3, 0.4) is 0 Å². The number of para-hydroxylation sites is 2. The highest BCUT2D eigenvalue weighted by Crippen LogP contribution is 2.50. The molecule has 0 aliphatic heterocycles. The minimum atomic E-state index is -0.0231. The molecule has 0 bridgehead atoms. The predicted molar refractivity (Wildman–Crippen MR) is 225 cm³/mol. The Hall–Kier alpha value is -6.84. The first kappa shape index (κ1) is 30.8. The van der Waals surface area contributed by atoms with Crippen LogP contribution in [0.2, 0.25) is 0 Å². The maximum absolute atomic E-state index is 5.44. The van der Waals surface area contributed by atoms with Gasteiger partial charge < -0.3 is 0 Å². The molecule has 0 radical (unpaired) electrons. The van der Waals surface area contributed by atoms with Gasteiger partial charge in [0.2, 0.25) is 5.95 Å². The van der Waals surface area contributed by atoms with E-state index in [0.717, 1.165) is 44.3 Å². The van der Waals surface area contributed by atoms with Crippen molar-refractivity contribution in [2.75, 3.05) is 0 Å². The molecule has 1 aliphatic rings. The molecule has 2 heterocycles. The van der Waals surface area contributed by atoms with E-state index in [1.807, 2.05) is 0 Å². The topological polar surface area (TPSA) is 30.7 Å². The van der Waals surface area contributed by atoms with Gasteiger partial charge in [-0.3, -0.25) is 4.57 Å². The van der Waals surface area contributed by atoms with E-state index >= 15 is 0 Å². The molecule has 3 heteroatoms. The highest BCUT2D eigenvalue weighted by atomic mass is 15.2. The van der Waals surface area contributed by atoms with Crippen molar-refractivity contribution >= 4 is 43.5 Å². The molecule has 10 aromatic rings. The molecular weight excluding hydrogens is 655 g/mol. The van der Waals surface area contributed by atoms with E-state index in [-0.39, 0.29) is 5.41 Å². The standard InChI is InChI=1S/C51H35N3/c1-51(2)44-24-10-8-20-39(44)43-31-35(27-29-45(43)51)34-17-12-18-36(30-34)38-22-13-23-40-41-28-26-32-14-6-7-19-37(32)48(41)54(49(38)40)50-52-46-25-11-9-21-42(46)47(53-50)33-15-4-3-5-16-33/h3-31H,1-2H3. The van der Waals surface area contributed by atoms with Crippen LogP contribution in [0, 0.1) is 0 Å². The third-order valence-corrected chi connectivity index (χ3v) is 11.6. The molecule has 0 atom stereocenters. The van der Waals surface area contributed by atoms with Crippen molar-refractivity contribution in [3.63, 3.8) is 0 Å². The Labute approximate surface area is 313 Å². The Morgan fingerprint density at radius 2 is 1.06 bits per heavy atom. The van der Waals surface area contributed by atoms with E-state index in [1.165, 1.54) is 54.9 Å². The van der Waals surface area contributed by atoms with Gasteiger partial charge in [-0.1, -0.05) is 172 Å². The lowest BCUT2D eigenvalue weighted by Crippen LogP contribution is -2.14. The van der Waals surface area contributed by atoms with Crippen LogP contribution in [0.15, 0.2) is 176 Å². The highest BCUT2D eigenvalue weighted by Gasteiger charge is 2.35. The van der Waals surface area contributed by atoms with Gasteiger partial charge in [-0.15, -0.1) is 0 Å². The minimum Gasteiger partial charge on any atom is -0.277 e. The molecule has 54 heavy (non-hydrogen) atoms. The van der Waals surface area contributed by atoms with Gasteiger partial charge in [-0.05, 0) is 62.5 Å². The normalized spacial score (nSPS) is 13.1. The summed E-state index contributed by atoms with van der Waals surface area (Å²) >= 11 is 0. The van der Waals surface area contributed by atoms with Crippen molar-refractivity contribution in [3.05, 3.63) is 187 Å². The lowest BCUT2D eigenvalue weighted by Gasteiger charge is -2.21. The van der Waals surface area contributed by atoms with E-state index in [2.05, 4.69) is 194 Å². The maximum Gasteiger partial charge on any atom is 0.235 e. The van der Waals surface area contributed by atoms with E-state index in [1.54, 1.807) is 0 Å². The Bertz CT molecular complexity index is 3130. The van der Waals surface area contributed by atoms with Gasteiger partial charge in [0.15, 0.2) is 0 Å². The molecule has 0 amide bonds. The second-order valence-corrected chi connectivity index (χ2v) is 15.0. The van der Waals surface area contributed by atoms with Crippen LogP contribution in [0.25, 0.3) is 94.1 Å². The lowest BCUT2D eigenvalue weighted by atomic mass is 9.82. The fourth-order valence-corrected chi connectivity index (χ4v) is 9.01. The maximum atomic E-state index is 5.44. The number of aromatic nitrogens is 3. The smallest absolute Gasteiger partial charge is 0.235 e. The molecule has 1 aliphatic carbocycles. The SMILES string of the molecule is CC1(C)c2ccccc2-c2cc(-c3cccc(-c4cccc5c6ccc7ccccc7c6n(-c6nc(-c7ccccc7)c7ccccc7n6)c45)c3)ccc21. The van der Waals surface area contributed by atoms with E-state index in [0.29, 0.717) is 5.95 Å². The average molecular weight is 690 g/mol. The first-order valence-electron chi connectivity index (χ1n) is 18.7. The summed E-state index contributed by atoms with van der Waals surface area (Å²) in [4.78, 5) is 10.8. The summed E-state index contributed by atoms with van der Waals surface area (Å²) in [5.74, 6) is 0.660. The zero-order valence-electron chi connectivity index (χ0n) is 30.1. The third-order valence-electron chi connectivity index (χ3n) is 11.6. The first-order valence-corrected chi connectivity index (χ1v) is 18.7. The number of rotatable bonds is 4. The van der Waals surface area contributed by atoms with Crippen molar-refractivity contribution in [1.82, 2.24) is 14.5 Å². The summed E-state index contributed by atoms with van der Waals surface area (Å²) in [5.41, 5.74) is 15.2. The Balaban J connectivity index is 1.18. The van der Waals surface area contributed by atoms with Crippen LogP contribution in [0.4, 0.5) is 0 Å². The van der Waals surface area contributed by atoms with Gasteiger partial charge in [-0.2, -0.15) is 0 Å². The number of hydrogen-bond donors (Lipinski definition) is 0. The second kappa shape index (κ2) is 11.6. The molecule has 0 fully saturated rings. The fraction of sp³-hybridized carbons (Fsp3) is 0.0588. The van der Waals surface area contributed by atoms with Crippen molar-refractivity contribution < 1.29 is 0 Å². The lowest BCUT2D eigenvalue weighted by molar-refractivity contribution is 0.660. The van der Waals surface area contributed by atoms with E-state index in [9.17, 15) is 0 Å². The molecule has 0 N–H and O–H groups in total. The molecule has 11 rings (SSSR count). The van der Waals surface area contributed by atoms with Crippen LogP contribution in [0.5, 0.6) is 0 Å². The number of benzene rings is 8. The fourth-order valence-electron chi connectivity index (χ4n) is 9.01. The van der Waals surface area contributed by atoms with Crippen LogP contribution >= 0.6 is 0 Å². The Morgan fingerprint density at radius 3 is 1.96 bits per heavy atom. The zero-order chi connectivity index (χ0) is 36.0. The zero-order valence-corrected chi connectivity index (χ0v) is 30.1. The van der Waals surface area contributed by atoms with E-state index < -0.39 is 0 Å². The molecule has 3 nitrogen and oxygen atoms in total. The van der Waals surface area contributed by atoms with Crippen LogP contribution in [-0.2, 0) is 5.41 Å². The van der Waals surface area contributed by atoms with E-state index in [4.69, 9.17) is 9.97 Å². The quantitative estimate of drug-likeness (QED) is 0.184.